The topological polar surface area (TPSA) is 118 Å². The van der Waals surface area contributed by atoms with E-state index in [2.05, 4.69) is 10.6 Å². The zero-order chi connectivity index (χ0) is 27.4. The van der Waals surface area contributed by atoms with Crippen molar-refractivity contribution in [3.63, 3.8) is 0 Å². The quantitative estimate of drug-likeness (QED) is 0.427. The van der Waals surface area contributed by atoms with Crippen molar-refractivity contribution in [3.05, 3.63) is 59.7 Å². The number of thioether (sulfide) groups is 1. The molecule has 37 heavy (non-hydrogen) atoms. The molecular weight excluding hydrogens is 527 g/mol. The lowest BCUT2D eigenvalue weighted by Gasteiger charge is -2.35. The normalized spacial score (nSPS) is 21.2. The number of halogens is 3. The van der Waals surface area contributed by atoms with Gasteiger partial charge in [-0.05, 0) is 80.8 Å². The molecule has 2 aromatic rings. The number of sulfone groups is 1. The Hall–Kier alpha value is -2.57. The van der Waals surface area contributed by atoms with Gasteiger partial charge in [-0.1, -0.05) is 6.07 Å². The smallest absolute Gasteiger partial charge is 0.351 e. The number of carbonyl (C=O) groups is 2. The number of carbonyl (C=O) groups excluding carboxylic acids is 2. The summed E-state index contributed by atoms with van der Waals surface area (Å²) in [5.74, 6) is -2.03. The highest BCUT2D eigenvalue weighted by molar-refractivity contribution is 7.98. The molecule has 1 aliphatic rings. The molecule has 0 spiro atoms. The monoisotopic (exact) mass is 557 g/mol. The highest BCUT2D eigenvalue weighted by Crippen LogP contribution is 2.30. The van der Waals surface area contributed by atoms with E-state index in [1.54, 1.807) is 24.3 Å². The Morgan fingerprint density at radius 2 is 1.81 bits per heavy atom. The van der Waals surface area contributed by atoms with Crippen LogP contribution in [0.5, 0.6) is 0 Å². The van der Waals surface area contributed by atoms with Crippen LogP contribution in [0.4, 0.5) is 13.2 Å². The van der Waals surface area contributed by atoms with Gasteiger partial charge in [0.05, 0.1) is 16.2 Å². The van der Waals surface area contributed by atoms with Crippen molar-refractivity contribution in [3.8, 4) is 0 Å². The molecule has 4 atom stereocenters. The third-order valence-electron chi connectivity index (χ3n) is 6.40. The van der Waals surface area contributed by atoms with E-state index in [1.165, 1.54) is 24.8 Å². The van der Waals surface area contributed by atoms with Gasteiger partial charge in [-0.15, -0.1) is 11.8 Å². The number of hydrogen-bond donors (Lipinski definition) is 3. The van der Waals surface area contributed by atoms with E-state index in [-0.39, 0.29) is 22.3 Å². The average molecular weight is 558 g/mol. The lowest BCUT2D eigenvalue weighted by Crippen LogP contribution is -2.53. The molecule has 0 heterocycles. The van der Waals surface area contributed by atoms with E-state index in [0.717, 1.165) is 23.1 Å². The molecule has 0 aliphatic heterocycles. The minimum Gasteiger partial charge on any atom is -0.351 e. The van der Waals surface area contributed by atoms with Gasteiger partial charge in [-0.3, -0.25) is 9.59 Å². The maximum atomic E-state index is 13.1. The van der Waals surface area contributed by atoms with E-state index in [1.807, 2.05) is 6.26 Å². The minimum absolute atomic E-state index is 0.191. The molecule has 3 rings (SSSR count). The van der Waals surface area contributed by atoms with Gasteiger partial charge in [-0.2, -0.15) is 13.2 Å². The van der Waals surface area contributed by atoms with Crippen LogP contribution < -0.4 is 16.4 Å². The summed E-state index contributed by atoms with van der Waals surface area (Å²) in [5.41, 5.74) is 4.90. The Morgan fingerprint density at radius 1 is 1.14 bits per heavy atom. The standard InChI is InChI=1S/C25H30F3N3O4S2/c1-15(30-24(33)16-4-3-5-18(12-16)25(26,27)28)23(32)31-22-11-6-19(29)13-17(22)14-37(34,35)21-9-7-20(36-2)8-10-21/h3-5,7-10,12,15,17,19,22H,6,11,13-14,29H2,1-2H3,(H,30,33)(H,31,32)/t15-,17+,19-,22+/m1/s1. The molecule has 1 aliphatic carbocycles. The van der Waals surface area contributed by atoms with Gasteiger partial charge in [-0.25, -0.2) is 8.42 Å². The third-order valence-corrected chi connectivity index (χ3v) is 9.00. The summed E-state index contributed by atoms with van der Waals surface area (Å²) in [6.45, 7) is 1.41. The van der Waals surface area contributed by atoms with Crippen LogP contribution in [-0.4, -0.2) is 50.4 Å². The van der Waals surface area contributed by atoms with Crippen LogP contribution in [0.3, 0.4) is 0 Å². The second kappa shape index (κ2) is 11.9. The zero-order valence-corrected chi connectivity index (χ0v) is 22.1. The van der Waals surface area contributed by atoms with E-state index in [0.29, 0.717) is 19.3 Å². The first-order valence-electron chi connectivity index (χ1n) is 11.7. The van der Waals surface area contributed by atoms with Crippen LogP contribution in [0.1, 0.15) is 42.1 Å². The third kappa shape index (κ3) is 7.71. The predicted octanol–water partition coefficient (Wildman–Crippen LogP) is 3.63. The van der Waals surface area contributed by atoms with Crippen molar-refractivity contribution >= 4 is 33.4 Å². The molecule has 2 amide bonds. The zero-order valence-electron chi connectivity index (χ0n) is 20.4. The van der Waals surface area contributed by atoms with Crippen LogP contribution in [0, 0.1) is 5.92 Å². The van der Waals surface area contributed by atoms with E-state index < -0.39 is 51.4 Å². The van der Waals surface area contributed by atoms with Crippen LogP contribution in [0.15, 0.2) is 58.3 Å². The maximum absolute atomic E-state index is 13.1. The number of amides is 2. The second-order valence-electron chi connectivity index (χ2n) is 9.18. The summed E-state index contributed by atoms with van der Waals surface area (Å²) in [4.78, 5) is 26.4. The van der Waals surface area contributed by atoms with Crippen LogP contribution in [0.25, 0.3) is 0 Å². The van der Waals surface area contributed by atoms with Crippen LogP contribution in [0.2, 0.25) is 0 Å². The number of rotatable bonds is 8. The van der Waals surface area contributed by atoms with E-state index in [4.69, 9.17) is 5.73 Å². The van der Waals surface area contributed by atoms with Gasteiger partial charge in [0.15, 0.2) is 9.84 Å². The summed E-state index contributed by atoms with van der Waals surface area (Å²) in [6, 6.07) is 8.75. The molecular formula is C25H30F3N3O4S2. The maximum Gasteiger partial charge on any atom is 0.416 e. The first-order chi connectivity index (χ1) is 17.3. The molecule has 0 unspecified atom stereocenters. The van der Waals surface area contributed by atoms with Crippen molar-refractivity contribution in [2.75, 3.05) is 12.0 Å². The molecule has 12 heteroatoms. The lowest BCUT2D eigenvalue weighted by atomic mass is 9.83. The molecule has 0 saturated heterocycles. The van der Waals surface area contributed by atoms with Crippen molar-refractivity contribution in [1.29, 1.82) is 0 Å². The van der Waals surface area contributed by atoms with Gasteiger partial charge in [0, 0.05) is 22.5 Å². The lowest BCUT2D eigenvalue weighted by molar-refractivity contribution is -0.137. The second-order valence-corrected chi connectivity index (χ2v) is 12.1. The Bertz CT molecular complexity index is 1220. The average Bonchev–Trinajstić information content (AvgIpc) is 2.85. The first-order valence-corrected chi connectivity index (χ1v) is 14.6. The molecule has 2 aromatic carbocycles. The van der Waals surface area contributed by atoms with Crippen molar-refractivity contribution < 1.29 is 31.2 Å². The van der Waals surface area contributed by atoms with E-state index >= 15 is 0 Å². The Balaban J connectivity index is 1.67. The van der Waals surface area contributed by atoms with Crippen LogP contribution >= 0.6 is 11.8 Å². The summed E-state index contributed by atoms with van der Waals surface area (Å²) >= 11 is 1.50. The number of nitrogens with one attached hydrogen (secondary N) is 2. The summed E-state index contributed by atoms with van der Waals surface area (Å²) < 4.78 is 65.0. The van der Waals surface area contributed by atoms with Crippen LogP contribution in [-0.2, 0) is 20.8 Å². The molecule has 0 radical (unpaired) electrons. The molecule has 7 nitrogen and oxygen atoms in total. The number of alkyl halides is 3. The minimum atomic E-state index is -4.60. The number of nitrogens with two attached hydrogens (primary N) is 1. The summed E-state index contributed by atoms with van der Waals surface area (Å²) in [6.07, 6.45) is -1.25. The van der Waals surface area contributed by atoms with Gasteiger partial charge in [0.25, 0.3) is 5.91 Å². The van der Waals surface area contributed by atoms with Gasteiger partial charge < -0.3 is 16.4 Å². The fourth-order valence-corrected chi connectivity index (χ4v) is 6.41. The molecule has 0 bridgehead atoms. The SMILES string of the molecule is CSc1ccc(S(=O)(=O)C[C@@H]2C[C@H](N)CC[C@@H]2NC(=O)[C@@H](C)NC(=O)c2cccc(C(F)(F)F)c2)cc1. The Kier molecular flexibility index (Phi) is 9.30. The molecule has 0 aromatic heterocycles. The van der Waals surface area contributed by atoms with Gasteiger partial charge in [0.2, 0.25) is 5.91 Å². The van der Waals surface area contributed by atoms with Gasteiger partial charge in [0.1, 0.15) is 6.04 Å². The Labute approximate surface area is 218 Å². The first kappa shape index (κ1) is 29.0. The van der Waals surface area contributed by atoms with Crippen molar-refractivity contribution in [2.45, 2.75) is 60.3 Å². The number of hydrogen-bond acceptors (Lipinski definition) is 6. The fraction of sp³-hybridized carbons (Fsp3) is 0.440. The summed E-state index contributed by atoms with van der Waals surface area (Å²) in [5, 5.41) is 5.23. The summed E-state index contributed by atoms with van der Waals surface area (Å²) in [7, 11) is -3.65. The molecule has 202 valence electrons. The van der Waals surface area contributed by atoms with Gasteiger partial charge >= 0.3 is 6.18 Å². The predicted molar refractivity (Wildman–Crippen MR) is 136 cm³/mol. The molecule has 1 saturated carbocycles. The number of benzene rings is 2. The highest BCUT2D eigenvalue weighted by Gasteiger charge is 2.35. The van der Waals surface area contributed by atoms with E-state index in [9.17, 15) is 31.2 Å². The molecule has 1 fully saturated rings. The fourth-order valence-electron chi connectivity index (χ4n) is 4.33. The Morgan fingerprint density at radius 3 is 2.43 bits per heavy atom. The highest BCUT2D eigenvalue weighted by atomic mass is 32.2. The molecule has 4 N–H and O–H groups in total. The van der Waals surface area contributed by atoms with Crippen molar-refractivity contribution in [2.24, 2.45) is 11.7 Å². The largest absolute Gasteiger partial charge is 0.416 e. The van der Waals surface area contributed by atoms with Crippen molar-refractivity contribution in [1.82, 2.24) is 10.6 Å².